The normalized spacial score (nSPS) is 12.7. The topological polar surface area (TPSA) is 138 Å². The lowest BCUT2D eigenvalue weighted by molar-refractivity contribution is -0.120. The summed E-state index contributed by atoms with van der Waals surface area (Å²) in [7, 11) is 0. The van der Waals surface area contributed by atoms with Crippen LogP contribution in [0.4, 0.5) is 0 Å². The van der Waals surface area contributed by atoms with Gasteiger partial charge in [0.1, 0.15) is 11.5 Å². The molecule has 2 unspecified atom stereocenters. The van der Waals surface area contributed by atoms with Crippen LogP contribution in [0.5, 0.6) is 34.5 Å². The fourth-order valence-corrected chi connectivity index (χ4v) is 4.30. The van der Waals surface area contributed by atoms with Gasteiger partial charge in [-0.05, 0) is 37.1 Å². The lowest BCUT2D eigenvalue weighted by atomic mass is 9.76. The summed E-state index contributed by atoms with van der Waals surface area (Å²) in [5.74, 6) is -5.63. The summed E-state index contributed by atoms with van der Waals surface area (Å²) < 4.78 is 0. The van der Waals surface area contributed by atoms with E-state index in [0.717, 1.165) is 35.4 Å². The van der Waals surface area contributed by atoms with Gasteiger partial charge in [0, 0.05) is 23.3 Å². The minimum atomic E-state index is -1.13. The lowest BCUT2D eigenvalue weighted by Gasteiger charge is -2.26. The van der Waals surface area contributed by atoms with E-state index >= 15 is 0 Å². The van der Waals surface area contributed by atoms with E-state index in [2.05, 4.69) is 0 Å². The van der Waals surface area contributed by atoms with Crippen LogP contribution in [-0.2, 0) is 4.79 Å². The number of hydrogen-bond acceptors (Lipinski definition) is 7. The van der Waals surface area contributed by atoms with Crippen LogP contribution in [0.25, 0.3) is 0 Å². The molecule has 7 heteroatoms. The van der Waals surface area contributed by atoms with E-state index in [0.29, 0.717) is 11.1 Å². The van der Waals surface area contributed by atoms with Crippen LogP contribution in [-0.4, -0.2) is 36.4 Å². The van der Waals surface area contributed by atoms with Crippen molar-refractivity contribution in [2.45, 2.75) is 25.7 Å². The molecule has 4 aromatic carbocycles. The Bertz CT molecular complexity index is 1310. The summed E-state index contributed by atoms with van der Waals surface area (Å²) in [4.78, 5) is 14.4. The molecule has 0 amide bonds. The molecule has 0 saturated heterocycles. The number of rotatable bonds is 6. The average molecular weight is 487 g/mol. The average Bonchev–Trinajstić information content (AvgIpc) is 2.83. The van der Waals surface area contributed by atoms with Crippen LogP contribution in [0.3, 0.4) is 0 Å². The SMILES string of the molecule is Cc1ccc(C(C(=O)C(c2ccc(C)cc2)c2cc(O)c(O)cc2O)c2cc(O)c(O)cc2O)cc1. The maximum Gasteiger partial charge on any atom is 0.161 e. The number of carbonyl (C=O) groups excluding carboxylic acids is 1. The van der Waals surface area contributed by atoms with Gasteiger partial charge in [-0.1, -0.05) is 59.7 Å². The van der Waals surface area contributed by atoms with E-state index < -0.39 is 52.1 Å². The second-order valence-electron chi connectivity index (χ2n) is 8.89. The number of carbonyl (C=O) groups is 1. The second-order valence-corrected chi connectivity index (χ2v) is 8.89. The van der Waals surface area contributed by atoms with E-state index in [1.54, 1.807) is 48.5 Å². The Balaban J connectivity index is 1.98. The summed E-state index contributed by atoms with van der Waals surface area (Å²) in [5.41, 5.74) is 3.01. The van der Waals surface area contributed by atoms with Crippen LogP contribution < -0.4 is 0 Å². The number of ketones is 1. The molecule has 0 heterocycles. The summed E-state index contributed by atoms with van der Waals surface area (Å²) >= 11 is 0. The van der Waals surface area contributed by atoms with Gasteiger partial charge in [0.2, 0.25) is 0 Å². The first-order chi connectivity index (χ1) is 17.1. The molecular weight excluding hydrogens is 460 g/mol. The first-order valence-electron chi connectivity index (χ1n) is 11.2. The van der Waals surface area contributed by atoms with E-state index in [4.69, 9.17) is 0 Å². The van der Waals surface area contributed by atoms with E-state index in [1.807, 2.05) is 13.8 Å². The smallest absolute Gasteiger partial charge is 0.161 e. The van der Waals surface area contributed by atoms with Crippen molar-refractivity contribution in [2.75, 3.05) is 0 Å². The summed E-state index contributed by atoms with van der Waals surface area (Å²) in [6.07, 6.45) is 0. The first kappa shape index (κ1) is 24.5. The van der Waals surface area contributed by atoms with Crippen LogP contribution >= 0.6 is 0 Å². The third-order valence-electron chi connectivity index (χ3n) is 6.26. The van der Waals surface area contributed by atoms with Crippen molar-refractivity contribution >= 4 is 5.78 Å². The lowest BCUT2D eigenvalue weighted by Crippen LogP contribution is -2.23. The molecule has 0 aliphatic carbocycles. The highest BCUT2D eigenvalue weighted by molar-refractivity contribution is 5.98. The third-order valence-corrected chi connectivity index (χ3v) is 6.26. The predicted molar refractivity (Wildman–Crippen MR) is 134 cm³/mol. The zero-order valence-electron chi connectivity index (χ0n) is 19.7. The molecule has 7 nitrogen and oxygen atoms in total. The van der Waals surface area contributed by atoms with Crippen molar-refractivity contribution in [3.63, 3.8) is 0 Å². The van der Waals surface area contributed by atoms with Crippen molar-refractivity contribution in [2.24, 2.45) is 0 Å². The van der Waals surface area contributed by atoms with Gasteiger partial charge in [0.15, 0.2) is 28.8 Å². The van der Waals surface area contributed by atoms with Gasteiger partial charge < -0.3 is 30.6 Å². The van der Waals surface area contributed by atoms with Gasteiger partial charge in [-0.3, -0.25) is 4.79 Å². The van der Waals surface area contributed by atoms with Gasteiger partial charge in [-0.25, -0.2) is 0 Å². The molecule has 0 aliphatic heterocycles. The molecule has 4 aromatic rings. The zero-order chi connectivity index (χ0) is 26.1. The van der Waals surface area contributed by atoms with Crippen molar-refractivity contribution in [1.82, 2.24) is 0 Å². The Kier molecular flexibility index (Phi) is 6.49. The number of phenols is 6. The van der Waals surface area contributed by atoms with Crippen molar-refractivity contribution < 1.29 is 35.4 Å². The molecule has 4 rings (SSSR count). The van der Waals surface area contributed by atoms with Gasteiger partial charge in [0.25, 0.3) is 0 Å². The molecule has 0 bridgehead atoms. The summed E-state index contributed by atoms with van der Waals surface area (Å²) in [6.45, 7) is 3.77. The first-order valence-corrected chi connectivity index (χ1v) is 11.2. The molecular formula is C29H26O7. The molecule has 0 aromatic heterocycles. The standard InChI is InChI=1S/C29H26O7/c1-15-3-7-17(8-4-15)27(19-11-23(32)25(34)13-21(19)30)29(36)28(18-9-5-16(2)6-10-18)20-12-24(33)26(35)14-22(20)31/h3-14,27-28,30-35H,1-2H3. The molecule has 0 aliphatic rings. The number of phenolic OH excluding ortho intramolecular Hbond substituents is 6. The minimum absolute atomic E-state index is 0.0544. The van der Waals surface area contributed by atoms with Gasteiger partial charge in [0.05, 0.1) is 11.8 Å². The summed E-state index contributed by atoms with van der Waals surface area (Å²) in [5, 5.41) is 61.5. The van der Waals surface area contributed by atoms with Crippen LogP contribution in [0, 0.1) is 13.8 Å². The highest BCUT2D eigenvalue weighted by Crippen LogP contribution is 2.45. The third kappa shape index (κ3) is 4.63. The molecule has 0 spiro atoms. The van der Waals surface area contributed by atoms with Gasteiger partial charge in [-0.15, -0.1) is 0 Å². The van der Waals surface area contributed by atoms with Crippen molar-refractivity contribution in [3.8, 4) is 34.5 Å². The fourth-order valence-electron chi connectivity index (χ4n) is 4.30. The summed E-state index contributed by atoms with van der Waals surface area (Å²) in [6, 6.07) is 18.3. The Morgan fingerprint density at radius 1 is 0.500 bits per heavy atom. The molecule has 0 fully saturated rings. The number of Topliss-reactive ketones (excluding diaryl/α,β-unsaturated/α-hetero) is 1. The molecule has 184 valence electrons. The number of hydrogen-bond donors (Lipinski definition) is 6. The van der Waals surface area contributed by atoms with Crippen LogP contribution in [0.1, 0.15) is 45.2 Å². The monoisotopic (exact) mass is 486 g/mol. The van der Waals surface area contributed by atoms with Crippen molar-refractivity contribution in [3.05, 3.63) is 106 Å². The predicted octanol–water partition coefficient (Wildman–Crippen LogP) is 5.07. The molecule has 36 heavy (non-hydrogen) atoms. The number of aryl methyl sites for hydroxylation is 2. The second kappa shape index (κ2) is 9.54. The minimum Gasteiger partial charge on any atom is -0.507 e. The number of benzene rings is 4. The number of aromatic hydroxyl groups is 6. The van der Waals surface area contributed by atoms with E-state index in [1.165, 1.54) is 0 Å². The van der Waals surface area contributed by atoms with Crippen molar-refractivity contribution in [1.29, 1.82) is 0 Å². The largest absolute Gasteiger partial charge is 0.507 e. The maximum atomic E-state index is 14.4. The Labute approximate surface area is 207 Å². The fraction of sp³-hybridized carbons (Fsp3) is 0.138. The van der Waals surface area contributed by atoms with E-state index in [9.17, 15) is 35.4 Å². The molecule has 0 saturated carbocycles. The quantitative estimate of drug-likeness (QED) is 0.165. The van der Waals surface area contributed by atoms with Crippen LogP contribution in [0.2, 0.25) is 0 Å². The maximum absolute atomic E-state index is 14.4. The van der Waals surface area contributed by atoms with Gasteiger partial charge in [-0.2, -0.15) is 0 Å². The Morgan fingerprint density at radius 3 is 1.14 bits per heavy atom. The molecule has 2 atom stereocenters. The van der Waals surface area contributed by atoms with E-state index in [-0.39, 0.29) is 11.1 Å². The molecule has 6 N–H and O–H groups in total. The van der Waals surface area contributed by atoms with Crippen LogP contribution in [0.15, 0.2) is 72.8 Å². The van der Waals surface area contributed by atoms with Gasteiger partial charge >= 0.3 is 0 Å². The zero-order valence-corrected chi connectivity index (χ0v) is 19.7. The Hall–Kier alpha value is -4.65. The highest BCUT2D eigenvalue weighted by Gasteiger charge is 2.35. The highest BCUT2D eigenvalue weighted by atomic mass is 16.3. The Morgan fingerprint density at radius 2 is 0.806 bits per heavy atom. The molecule has 0 radical (unpaired) electrons.